The third-order valence-corrected chi connectivity index (χ3v) is 4.71. The maximum absolute atomic E-state index is 11.9. The van der Waals surface area contributed by atoms with Crippen molar-refractivity contribution in [1.82, 2.24) is 15.1 Å². The lowest BCUT2D eigenvalue weighted by molar-refractivity contribution is 0.231. The number of nitrogens with zero attached hydrogens (tertiary/aromatic N) is 3. The zero-order valence-corrected chi connectivity index (χ0v) is 13.8. The van der Waals surface area contributed by atoms with Gasteiger partial charge >= 0.3 is 6.03 Å². The van der Waals surface area contributed by atoms with Gasteiger partial charge in [0.15, 0.2) is 0 Å². The first-order chi connectivity index (χ1) is 11.3. The highest BCUT2D eigenvalue weighted by Gasteiger charge is 2.12. The molecule has 2 heterocycles. The van der Waals surface area contributed by atoms with Gasteiger partial charge in [-0.25, -0.2) is 4.79 Å². The van der Waals surface area contributed by atoms with Crippen LogP contribution in [0.3, 0.4) is 0 Å². The van der Waals surface area contributed by atoms with Crippen LogP contribution in [0.5, 0.6) is 0 Å². The van der Waals surface area contributed by atoms with E-state index < -0.39 is 0 Å². The number of carbonyl (C=O) groups excluding carboxylic acids is 1. The Kier molecular flexibility index (Phi) is 5.55. The van der Waals surface area contributed by atoms with E-state index in [0.29, 0.717) is 5.13 Å². The lowest BCUT2D eigenvalue weighted by Crippen LogP contribution is -2.31. The summed E-state index contributed by atoms with van der Waals surface area (Å²) in [7, 11) is 0. The smallest absolute Gasteiger partial charge is 0.308 e. The number of hydrogen-bond acceptors (Lipinski definition) is 5. The van der Waals surface area contributed by atoms with E-state index in [-0.39, 0.29) is 6.03 Å². The Bertz CT molecular complexity index is 624. The molecule has 0 atom stereocenters. The van der Waals surface area contributed by atoms with Crippen molar-refractivity contribution in [3.63, 3.8) is 0 Å². The standard InChI is InChI=1S/C16H21N5OS/c22-15(17-13-7-3-1-4-8-13)18-16-20-19-14(23-16)9-12-21-10-5-2-6-11-21/h1,3-4,7-8H,2,5-6,9-12H2,(H2,17,18,20,22). The lowest BCUT2D eigenvalue weighted by Gasteiger charge is -2.25. The Morgan fingerprint density at radius 3 is 2.65 bits per heavy atom. The van der Waals surface area contributed by atoms with Crippen molar-refractivity contribution in [2.75, 3.05) is 30.3 Å². The first-order valence-electron chi connectivity index (χ1n) is 7.97. The predicted molar refractivity (Wildman–Crippen MR) is 93.0 cm³/mol. The molecular weight excluding hydrogens is 310 g/mol. The lowest BCUT2D eigenvalue weighted by atomic mass is 10.1. The van der Waals surface area contributed by atoms with Gasteiger partial charge in [0.25, 0.3) is 0 Å². The van der Waals surface area contributed by atoms with Crippen molar-refractivity contribution in [1.29, 1.82) is 0 Å². The maximum Gasteiger partial charge on any atom is 0.325 e. The van der Waals surface area contributed by atoms with Gasteiger partial charge in [-0.15, -0.1) is 10.2 Å². The van der Waals surface area contributed by atoms with Crippen molar-refractivity contribution in [2.45, 2.75) is 25.7 Å². The number of piperidine rings is 1. The number of aromatic nitrogens is 2. The number of benzene rings is 1. The zero-order chi connectivity index (χ0) is 15.9. The van der Waals surface area contributed by atoms with Crippen LogP contribution >= 0.6 is 11.3 Å². The SMILES string of the molecule is O=C(Nc1ccccc1)Nc1nnc(CCN2CCCCC2)s1. The van der Waals surface area contributed by atoms with Crippen molar-refractivity contribution in [2.24, 2.45) is 0 Å². The molecule has 122 valence electrons. The summed E-state index contributed by atoms with van der Waals surface area (Å²) in [6, 6.07) is 9.03. The molecule has 2 amide bonds. The van der Waals surface area contributed by atoms with Gasteiger partial charge in [0, 0.05) is 18.7 Å². The average Bonchev–Trinajstić information content (AvgIpc) is 3.02. The molecule has 0 bridgehead atoms. The largest absolute Gasteiger partial charge is 0.325 e. The van der Waals surface area contributed by atoms with Gasteiger partial charge in [-0.05, 0) is 38.1 Å². The molecule has 7 heteroatoms. The highest BCUT2D eigenvalue weighted by Crippen LogP contribution is 2.17. The highest BCUT2D eigenvalue weighted by atomic mass is 32.1. The fourth-order valence-electron chi connectivity index (χ4n) is 2.62. The second-order valence-corrected chi connectivity index (χ2v) is 6.66. The molecule has 0 radical (unpaired) electrons. The molecule has 23 heavy (non-hydrogen) atoms. The first kappa shape index (κ1) is 15.9. The molecular formula is C16H21N5OS. The number of hydrogen-bond donors (Lipinski definition) is 2. The molecule has 1 aromatic heterocycles. The molecule has 0 aliphatic carbocycles. The number of amides is 2. The second-order valence-electron chi connectivity index (χ2n) is 5.60. The number of carbonyl (C=O) groups is 1. The summed E-state index contributed by atoms with van der Waals surface area (Å²) in [5.74, 6) is 0. The van der Waals surface area contributed by atoms with E-state index in [4.69, 9.17) is 0 Å². The first-order valence-corrected chi connectivity index (χ1v) is 8.79. The monoisotopic (exact) mass is 331 g/mol. The van der Waals surface area contributed by atoms with Crippen LogP contribution in [0.25, 0.3) is 0 Å². The zero-order valence-electron chi connectivity index (χ0n) is 13.0. The molecule has 0 spiro atoms. The summed E-state index contributed by atoms with van der Waals surface area (Å²) < 4.78 is 0. The summed E-state index contributed by atoms with van der Waals surface area (Å²) in [6.07, 6.45) is 4.82. The minimum Gasteiger partial charge on any atom is -0.308 e. The molecule has 1 aliphatic rings. The van der Waals surface area contributed by atoms with E-state index >= 15 is 0 Å². The van der Waals surface area contributed by atoms with Crippen LogP contribution in [-0.2, 0) is 6.42 Å². The fourth-order valence-corrected chi connectivity index (χ4v) is 3.35. The van der Waals surface area contributed by atoms with Crippen molar-refractivity contribution < 1.29 is 4.79 Å². The fraction of sp³-hybridized carbons (Fsp3) is 0.438. The molecule has 0 unspecified atom stereocenters. The van der Waals surface area contributed by atoms with Crippen LogP contribution in [0.4, 0.5) is 15.6 Å². The molecule has 6 nitrogen and oxygen atoms in total. The van der Waals surface area contributed by atoms with E-state index in [1.165, 1.54) is 43.7 Å². The third kappa shape index (κ3) is 5.01. The molecule has 1 fully saturated rings. The van der Waals surface area contributed by atoms with Crippen LogP contribution in [-0.4, -0.2) is 40.8 Å². The van der Waals surface area contributed by atoms with Gasteiger partial charge in [0.1, 0.15) is 5.01 Å². The van der Waals surface area contributed by atoms with Crippen LogP contribution in [0.1, 0.15) is 24.3 Å². The number of anilines is 2. The second kappa shape index (κ2) is 8.03. The highest BCUT2D eigenvalue weighted by molar-refractivity contribution is 7.15. The maximum atomic E-state index is 11.9. The summed E-state index contributed by atoms with van der Waals surface area (Å²) in [5, 5.41) is 15.2. The Labute approximate surface area is 139 Å². The van der Waals surface area contributed by atoms with E-state index in [0.717, 1.165) is 23.7 Å². The summed E-state index contributed by atoms with van der Waals surface area (Å²) >= 11 is 1.44. The van der Waals surface area contributed by atoms with Crippen LogP contribution < -0.4 is 10.6 Å². The minimum atomic E-state index is -0.296. The molecule has 2 aromatic rings. The van der Waals surface area contributed by atoms with Crippen LogP contribution in [0, 0.1) is 0 Å². The molecule has 2 N–H and O–H groups in total. The number of likely N-dealkylation sites (tertiary alicyclic amines) is 1. The van der Waals surface area contributed by atoms with Gasteiger partial charge in [-0.2, -0.15) is 0 Å². The van der Waals surface area contributed by atoms with Gasteiger partial charge in [-0.1, -0.05) is 36.0 Å². The van der Waals surface area contributed by atoms with Gasteiger partial charge in [0.2, 0.25) is 5.13 Å². The molecule has 1 aromatic carbocycles. The third-order valence-electron chi connectivity index (χ3n) is 3.81. The number of nitrogens with one attached hydrogen (secondary N) is 2. The number of para-hydroxylation sites is 1. The van der Waals surface area contributed by atoms with E-state index in [1.807, 2.05) is 30.3 Å². The van der Waals surface area contributed by atoms with Gasteiger partial charge in [0.05, 0.1) is 0 Å². The minimum absolute atomic E-state index is 0.296. The van der Waals surface area contributed by atoms with Crippen molar-refractivity contribution in [3.05, 3.63) is 35.3 Å². The Hall–Kier alpha value is -1.99. The van der Waals surface area contributed by atoms with Gasteiger partial charge < -0.3 is 10.2 Å². The topological polar surface area (TPSA) is 70.1 Å². The van der Waals surface area contributed by atoms with Gasteiger partial charge in [-0.3, -0.25) is 5.32 Å². The van der Waals surface area contributed by atoms with E-state index in [1.54, 1.807) is 0 Å². The van der Waals surface area contributed by atoms with E-state index in [2.05, 4.69) is 25.7 Å². The summed E-state index contributed by atoms with van der Waals surface area (Å²) in [6.45, 7) is 3.39. The molecule has 1 aliphatic heterocycles. The predicted octanol–water partition coefficient (Wildman–Crippen LogP) is 3.21. The Morgan fingerprint density at radius 1 is 1.09 bits per heavy atom. The number of urea groups is 1. The van der Waals surface area contributed by atoms with Crippen molar-refractivity contribution in [3.8, 4) is 0 Å². The molecule has 1 saturated heterocycles. The van der Waals surface area contributed by atoms with Crippen molar-refractivity contribution >= 4 is 28.2 Å². The summed E-state index contributed by atoms with van der Waals surface area (Å²) in [4.78, 5) is 14.4. The van der Waals surface area contributed by atoms with Crippen LogP contribution in [0.15, 0.2) is 30.3 Å². The normalized spacial score (nSPS) is 15.3. The molecule has 3 rings (SSSR count). The summed E-state index contributed by atoms with van der Waals surface area (Å²) in [5.41, 5.74) is 0.750. The van der Waals surface area contributed by atoms with E-state index in [9.17, 15) is 4.79 Å². The Morgan fingerprint density at radius 2 is 1.87 bits per heavy atom. The quantitative estimate of drug-likeness (QED) is 0.882. The van der Waals surface area contributed by atoms with Crippen LogP contribution in [0.2, 0.25) is 0 Å². The number of rotatable bonds is 5. The molecule has 0 saturated carbocycles. The Balaban J connectivity index is 1.46. The average molecular weight is 331 g/mol.